The molecule has 1 heterocycles. The van der Waals surface area contributed by atoms with Gasteiger partial charge in [0.15, 0.2) is 0 Å². The Morgan fingerprint density at radius 2 is 1.81 bits per heavy atom. The molecule has 0 amide bonds. The predicted octanol–water partition coefficient (Wildman–Crippen LogP) is 5.68. The standard InChI is InChI=1S/C22H28ClN3/c1-5-17(3)22(6-2)25-13-18-7-9-19(10-8-18)15-26(4)16-21-12-11-20(23)14-24-21/h5,7-12,14H,6,13,15-16H2,1-4H3/b17-5+,25-22?. The minimum atomic E-state index is 0.672. The van der Waals surface area contributed by atoms with Crippen molar-refractivity contribution in [2.24, 2.45) is 4.99 Å². The minimum Gasteiger partial charge on any atom is -0.296 e. The summed E-state index contributed by atoms with van der Waals surface area (Å²) in [7, 11) is 2.10. The fraction of sp³-hybridized carbons (Fsp3) is 0.364. The van der Waals surface area contributed by atoms with Crippen LogP contribution in [0.4, 0.5) is 0 Å². The largest absolute Gasteiger partial charge is 0.296 e. The van der Waals surface area contributed by atoms with Crippen molar-refractivity contribution < 1.29 is 0 Å². The molecule has 0 aliphatic heterocycles. The zero-order chi connectivity index (χ0) is 18.9. The first-order valence-electron chi connectivity index (χ1n) is 9.05. The molecule has 1 aromatic heterocycles. The summed E-state index contributed by atoms with van der Waals surface area (Å²) in [5.41, 5.74) is 6.00. The summed E-state index contributed by atoms with van der Waals surface area (Å²) in [6.45, 7) is 8.75. The molecule has 1 aromatic carbocycles. The van der Waals surface area contributed by atoms with Crippen molar-refractivity contribution in [3.63, 3.8) is 0 Å². The van der Waals surface area contributed by atoms with E-state index in [-0.39, 0.29) is 0 Å². The van der Waals surface area contributed by atoms with E-state index in [0.29, 0.717) is 5.02 Å². The van der Waals surface area contributed by atoms with Gasteiger partial charge in [0, 0.05) is 25.0 Å². The molecule has 0 bridgehead atoms. The SMILES string of the molecule is C/C=C(\C)C(CC)=NCc1ccc(CN(C)Cc2ccc(Cl)cn2)cc1. The second-order valence-corrected chi connectivity index (χ2v) is 6.98. The van der Waals surface area contributed by atoms with Gasteiger partial charge in [-0.15, -0.1) is 0 Å². The van der Waals surface area contributed by atoms with Crippen LogP contribution in [0.3, 0.4) is 0 Å². The van der Waals surface area contributed by atoms with Gasteiger partial charge in [-0.2, -0.15) is 0 Å². The second kappa shape index (κ2) is 10.2. The van der Waals surface area contributed by atoms with Crippen LogP contribution >= 0.6 is 11.6 Å². The van der Waals surface area contributed by atoms with Crippen molar-refractivity contribution in [2.75, 3.05) is 7.05 Å². The van der Waals surface area contributed by atoms with Crippen LogP contribution in [0.1, 0.15) is 44.0 Å². The van der Waals surface area contributed by atoms with Gasteiger partial charge in [0.25, 0.3) is 0 Å². The quantitative estimate of drug-likeness (QED) is 0.559. The van der Waals surface area contributed by atoms with Gasteiger partial charge in [-0.25, -0.2) is 0 Å². The van der Waals surface area contributed by atoms with Crippen LogP contribution in [-0.2, 0) is 19.6 Å². The number of halogens is 1. The number of rotatable bonds is 8. The summed E-state index contributed by atoms with van der Waals surface area (Å²) in [6, 6.07) is 12.6. The van der Waals surface area contributed by atoms with E-state index in [9.17, 15) is 0 Å². The van der Waals surface area contributed by atoms with Crippen LogP contribution in [-0.4, -0.2) is 22.6 Å². The molecule has 138 valence electrons. The van der Waals surface area contributed by atoms with E-state index in [0.717, 1.165) is 31.7 Å². The van der Waals surface area contributed by atoms with Crippen molar-refractivity contribution in [3.05, 3.63) is 76.1 Å². The molecule has 0 aliphatic carbocycles. The Morgan fingerprint density at radius 3 is 2.38 bits per heavy atom. The fourth-order valence-electron chi connectivity index (χ4n) is 2.76. The van der Waals surface area contributed by atoms with Gasteiger partial charge in [0.1, 0.15) is 0 Å². The molecule has 26 heavy (non-hydrogen) atoms. The van der Waals surface area contributed by atoms with Gasteiger partial charge in [-0.1, -0.05) is 48.9 Å². The van der Waals surface area contributed by atoms with E-state index in [1.807, 2.05) is 12.1 Å². The molecule has 0 saturated carbocycles. The Morgan fingerprint density at radius 1 is 1.12 bits per heavy atom. The maximum absolute atomic E-state index is 5.88. The minimum absolute atomic E-state index is 0.672. The highest BCUT2D eigenvalue weighted by atomic mass is 35.5. The lowest BCUT2D eigenvalue weighted by atomic mass is 10.1. The van der Waals surface area contributed by atoms with E-state index < -0.39 is 0 Å². The molecule has 0 unspecified atom stereocenters. The van der Waals surface area contributed by atoms with Gasteiger partial charge in [-0.05, 0) is 56.1 Å². The van der Waals surface area contributed by atoms with Crippen LogP contribution in [0.25, 0.3) is 0 Å². The Hall–Kier alpha value is -1.97. The van der Waals surface area contributed by atoms with Gasteiger partial charge in [0.05, 0.1) is 17.3 Å². The maximum atomic E-state index is 5.88. The first-order chi connectivity index (χ1) is 12.5. The highest BCUT2D eigenvalue weighted by Gasteiger charge is 2.04. The Labute approximate surface area is 162 Å². The van der Waals surface area contributed by atoms with Crippen LogP contribution in [0.2, 0.25) is 5.02 Å². The lowest BCUT2D eigenvalue weighted by Gasteiger charge is -2.16. The number of pyridine rings is 1. The number of allylic oxidation sites excluding steroid dienone is 2. The summed E-state index contributed by atoms with van der Waals surface area (Å²) in [5, 5.41) is 0.672. The average molecular weight is 370 g/mol. The first-order valence-corrected chi connectivity index (χ1v) is 9.43. The van der Waals surface area contributed by atoms with Gasteiger partial charge in [-0.3, -0.25) is 14.9 Å². The zero-order valence-corrected chi connectivity index (χ0v) is 16.9. The van der Waals surface area contributed by atoms with Gasteiger partial charge >= 0.3 is 0 Å². The first kappa shape index (κ1) is 20.3. The molecule has 4 heteroatoms. The highest BCUT2D eigenvalue weighted by Crippen LogP contribution is 2.12. The third-order valence-electron chi connectivity index (χ3n) is 4.37. The van der Waals surface area contributed by atoms with E-state index in [4.69, 9.17) is 16.6 Å². The van der Waals surface area contributed by atoms with Crippen LogP contribution in [0.5, 0.6) is 0 Å². The summed E-state index contributed by atoms with van der Waals surface area (Å²) >= 11 is 5.88. The summed E-state index contributed by atoms with van der Waals surface area (Å²) in [4.78, 5) is 11.4. The summed E-state index contributed by atoms with van der Waals surface area (Å²) in [6.07, 6.45) is 4.79. The van der Waals surface area contributed by atoms with Crippen molar-refractivity contribution in [1.29, 1.82) is 0 Å². The number of nitrogens with zero attached hydrogens (tertiary/aromatic N) is 3. The van der Waals surface area contributed by atoms with Gasteiger partial charge in [0.2, 0.25) is 0 Å². The lowest BCUT2D eigenvalue weighted by molar-refractivity contribution is 0.315. The van der Waals surface area contributed by atoms with Crippen LogP contribution in [0.15, 0.2) is 59.2 Å². The fourth-order valence-corrected chi connectivity index (χ4v) is 2.87. The van der Waals surface area contributed by atoms with Crippen LogP contribution in [0, 0.1) is 0 Å². The Balaban J connectivity index is 1.92. The number of aromatic nitrogens is 1. The normalized spacial score (nSPS) is 12.7. The van der Waals surface area contributed by atoms with E-state index in [2.05, 4.69) is 68.0 Å². The lowest BCUT2D eigenvalue weighted by Crippen LogP contribution is -2.17. The number of aliphatic imine (C=N–C) groups is 1. The van der Waals surface area contributed by atoms with E-state index >= 15 is 0 Å². The number of hydrogen-bond donors (Lipinski definition) is 0. The molecule has 2 rings (SSSR count). The molecule has 0 fully saturated rings. The Bertz CT molecular complexity index is 746. The van der Waals surface area contributed by atoms with Crippen LogP contribution < -0.4 is 0 Å². The molecule has 0 saturated heterocycles. The molecule has 3 nitrogen and oxygen atoms in total. The molecule has 0 aliphatic rings. The average Bonchev–Trinajstić information content (AvgIpc) is 2.65. The second-order valence-electron chi connectivity index (χ2n) is 6.54. The molecule has 0 N–H and O–H groups in total. The van der Waals surface area contributed by atoms with Crippen molar-refractivity contribution in [3.8, 4) is 0 Å². The number of benzene rings is 1. The third-order valence-corrected chi connectivity index (χ3v) is 4.60. The molecule has 0 radical (unpaired) electrons. The smallest absolute Gasteiger partial charge is 0.0643 e. The number of hydrogen-bond acceptors (Lipinski definition) is 3. The predicted molar refractivity (Wildman–Crippen MR) is 112 cm³/mol. The topological polar surface area (TPSA) is 28.5 Å². The van der Waals surface area contributed by atoms with Crippen molar-refractivity contribution >= 4 is 17.3 Å². The molecular formula is C22H28ClN3. The zero-order valence-electron chi connectivity index (χ0n) is 16.2. The van der Waals surface area contributed by atoms with Crippen molar-refractivity contribution in [1.82, 2.24) is 9.88 Å². The van der Waals surface area contributed by atoms with E-state index in [1.54, 1.807) is 6.20 Å². The highest BCUT2D eigenvalue weighted by molar-refractivity contribution is 6.30. The summed E-state index contributed by atoms with van der Waals surface area (Å²) < 4.78 is 0. The maximum Gasteiger partial charge on any atom is 0.0643 e. The summed E-state index contributed by atoms with van der Waals surface area (Å²) in [5.74, 6) is 0. The molecule has 0 atom stereocenters. The van der Waals surface area contributed by atoms with Crippen molar-refractivity contribution in [2.45, 2.75) is 46.8 Å². The van der Waals surface area contributed by atoms with Gasteiger partial charge < -0.3 is 0 Å². The Kier molecular flexibility index (Phi) is 8.02. The third kappa shape index (κ3) is 6.40. The van der Waals surface area contributed by atoms with E-state index in [1.165, 1.54) is 22.4 Å². The molecule has 0 spiro atoms. The molecular weight excluding hydrogens is 342 g/mol. The monoisotopic (exact) mass is 369 g/mol. The molecule has 2 aromatic rings.